The van der Waals surface area contributed by atoms with Crippen LogP contribution in [0.15, 0.2) is 123 Å². The summed E-state index contributed by atoms with van der Waals surface area (Å²) in [7, 11) is -12.1. The molecule has 0 aliphatic carbocycles. The van der Waals surface area contributed by atoms with Crippen LogP contribution in [0.1, 0.15) is 49.3 Å². The zero-order valence-electron chi connectivity index (χ0n) is 85.6. The molecule has 0 radical (unpaired) electrons. The number of nitrogens with one attached hydrogen (secondary N) is 4. The molecule has 0 bridgehead atoms. The second kappa shape index (κ2) is 54.9. The summed E-state index contributed by atoms with van der Waals surface area (Å²) in [6.45, 7) is 69.2. The predicted octanol–water partition coefficient (Wildman–Crippen LogP) is 18.8. The minimum atomic E-state index is -3.34. The van der Waals surface area contributed by atoms with Crippen LogP contribution in [0.2, 0.25) is 129 Å². The van der Waals surface area contributed by atoms with Gasteiger partial charge in [0.25, 0.3) is 0 Å². The van der Waals surface area contributed by atoms with E-state index < -0.39 is 65.0 Å². The first-order valence-corrected chi connectivity index (χ1v) is 65.2. The third kappa shape index (κ3) is 34.1. The van der Waals surface area contributed by atoms with Crippen molar-refractivity contribution >= 4 is 190 Å². The molecule has 3 fully saturated rings. The summed E-state index contributed by atoms with van der Waals surface area (Å²) in [6.07, 6.45) is 24.8. The van der Waals surface area contributed by atoms with Crippen LogP contribution in [-0.4, -0.2) is 261 Å². The van der Waals surface area contributed by atoms with E-state index in [0.29, 0.717) is 96.5 Å². The van der Waals surface area contributed by atoms with Gasteiger partial charge in [-0.15, -0.1) is 33.1 Å². The number of H-pyrrole nitrogens is 4. The molecular formula is C91H118BCl5FN31O10S2Si4Zn. The van der Waals surface area contributed by atoms with Crippen molar-refractivity contribution in [2.75, 3.05) is 71.3 Å². The van der Waals surface area contributed by atoms with Crippen LogP contribution in [-0.2, 0) is 100 Å². The van der Waals surface area contributed by atoms with Gasteiger partial charge in [0.1, 0.15) is 71.1 Å². The average molecular weight is 2260 g/mol. The van der Waals surface area contributed by atoms with Crippen molar-refractivity contribution in [3.8, 4) is 45.9 Å². The van der Waals surface area contributed by atoms with Gasteiger partial charge >= 0.3 is 38.5 Å². The Morgan fingerprint density at radius 1 is 0.527 bits per heavy atom. The van der Waals surface area contributed by atoms with Gasteiger partial charge in [-0.3, -0.25) is 33.5 Å². The maximum Gasteiger partial charge on any atom is 2.00 e. The predicted molar refractivity (Wildman–Crippen MR) is 570 cm³/mol. The molecule has 0 amide bonds. The summed E-state index contributed by atoms with van der Waals surface area (Å²) < 4.78 is 109. The number of alkyl halides is 1. The van der Waals surface area contributed by atoms with Crippen LogP contribution in [0.3, 0.4) is 0 Å². The van der Waals surface area contributed by atoms with Gasteiger partial charge in [-0.2, -0.15) is 54.5 Å². The molecule has 0 aromatic carbocycles. The number of aromatic nitrogens is 23. The monoisotopic (exact) mass is 2250 g/mol. The Kier molecular flexibility index (Phi) is 45.2. The number of aromatic amines is 4. The number of halogens is 6. The topological polar surface area (TPSA) is 502 Å². The van der Waals surface area contributed by atoms with Gasteiger partial charge in [-0.25, -0.2) is 31.8 Å². The summed E-state index contributed by atoms with van der Waals surface area (Å²) in [5, 5.41) is 60.2. The van der Waals surface area contributed by atoms with E-state index in [1.165, 1.54) is 14.7 Å². The van der Waals surface area contributed by atoms with Crippen LogP contribution in [0.5, 0.6) is 0 Å². The quantitative estimate of drug-likeness (QED) is 0.00811. The van der Waals surface area contributed by atoms with Crippen LogP contribution in [0, 0.1) is 59.5 Å². The first-order chi connectivity index (χ1) is 69.0. The molecule has 772 valence electrons. The van der Waals surface area contributed by atoms with Crippen LogP contribution in [0.4, 0.5) is 16.3 Å². The molecule has 3 aliphatic rings. The van der Waals surface area contributed by atoms with E-state index in [2.05, 4.69) is 185 Å². The Morgan fingerprint density at radius 2 is 0.904 bits per heavy atom. The summed E-state index contributed by atoms with van der Waals surface area (Å²) >= 11 is 29.2. The van der Waals surface area contributed by atoms with E-state index >= 15 is 0 Å². The smallest absolute Gasteiger partial charge is 0.512 e. The van der Waals surface area contributed by atoms with E-state index in [4.69, 9.17) is 130 Å². The molecule has 0 unspecified atom stereocenters. The van der Waals surface area contributed by atoms with Crippen LogP contribution >= 0.6 is 58.0 Å². The number of hydrogen-bond acceptors (Lipinski definition) is 28. The Bertz CT molecular complexity index is 7120. The summed E-state index contributed by atoms with van der Waals surface area (Å²) in [4.78, 5) is 51.7. The minimum absolute atomic E-state index is 0. The van der Waals surface area contributed by atoms with Gasteiger partial charge in [0, 0.05) is 169 Å². The van der Waals surface area contributed by atoms with E-state index in [0.717, 1.165) is 104 Å². The molecule has 0 atom stereocenters. The van der Waals surface area contributed by atoms with Gasteiger partial charge < -0.3 is 75.7 Å². The third-order valence-corrected chi connectivity index (χ3v) is 34.1. The third-order valence-electron chi connectivity index (χ3n) is 22.6. The first-order valence-electron chi connectivity index (χ1n) is 46.0. The zero-order valence-corrected chi connectivity index (χ0v) is 97.0. The molecule has 17 heterocycles. The maximum absolute atomic E-state index is 12.3. The number of ether oxygens (including phenoxy) is 4. The fourth-order valence-corrected chi connectivity index (χ4v) is 20.0. The number of nitriles is 2. The zero-order chi connectivity index (χ0) is 108. The number of hydrogen-bond donors (Lipinski definition) is 4. The molecule has 4 N–H and O–H groups in total. The summed E-state index contributed by atoms with van der Waals surface area (Å²) in [5.74, 6) is 0.285. The fraction of sp³-hybridized carbons (Fsp3) is 0.451. The van der Waals surface area contributed by atoms with E-state index in [1.54, 1.807) is 80.4 Å². The van der Waals surface area contributed by atoms with Gasteiger partial charge in [0.15, 0.2) is 0 Å². The molecule has 146 heavy (non-hydrogen) atoms. The van der Waals surface area contributed by atoms with Crippen LogP contribution < -0.4 is 5.46 Å². The van der Waals surface area contributed by atoms with E-state index in [-0.39, 0.29) is 96.6 Å². The molecule has 55 heteroatoms. The number of sulfonamides is 2. The number of rotatable bonds is 30. The average Bonchev–Trinajstić information content (AvgIpc) is 1.70. The molecule has 14 aromatic rings. The Morgan fingerprint density at radius 3 is 1.29 bits per heavy atom. The van der Waals surface area contributed by atoms with Crippen molar-refractivity contribution in [1.29, 1.82) is 21.0 Å². The summed E-state index contributed by atoms with van der Waals surface area (Å²) in [6, 6.07) is 18.0. The Balaban J connectivity index is 0.000000237. The number of allylic oxidation sites excluding steroid dienone is 1. The molecule has 0 saturated carbocycles. The second-order valence-electron chi connectivity index (χ2n) is 38.7. The first kappa shape index (κ1) is 120. The Hall–Kier alpha value is -10.9. The number of nitrogens with zero attached hydrogens (tertiary/aromatic N) is 27. The largest absolute Gasteiger partial charge is 2.00 e. The van der Waals surface area contributed by atoms with E-state index in [1.807, 2.05) is 101 Å². The van der Waals surface area contributed by atoms with Crippen molar-refractivity contribution in [2.24, 2.45) is 0 Å². The SMILES string of the molecule is CC1(C)OB(c2cn[nH]c2)OC1(C)C.CCS(=O)(=O)N1CC(=CC#N)C1.C[Si](C)(C)CCOCn1ccc2c(-c3cn[nH]c3)nc(Cl)nc21.C[Si](C)(C)CCOCn1ccc2c(Cl)nc(Cl)nc21.Clc1nc(Cl)c2cc[nH]c2n1.[2H]CF.[C-]#N.[C-]#N.[C-]#[N+]c1nc(-c2cn[nH]c2)c2ccn(COCC[Si](C)(C)C)c2n1.[C-]#[N+]c1nc(-c2cnn(C3(CC#N)CN(S(=O)(=O)CC)C3)c2)c2ccn(COCC[Si](C)(C)C)c2n1.[Zn+2]. The minimum Gasteiger partial charge on any atom is -0.512 e. The molecule has 3 aliphatic heterocycles. The fourth-order valence-electron chi connectivity index (χ4n) is 13.6. The molecule has 17 rings (SSSR count). The van der Waals surface area contributed by atoms with Crippen molar-refractivity contribution in [3.63, 3.8) is 0 Å². The molecule has 41 nitrogen and oxygen atoms in total. The molecule has 14 aromatic heterocycles. The van der Waals surface area contributed by atoms with E-state index in [9.17, 15) is 26.5 Å². The molecule has 3 saturated heterocycles. The molecule has 0 spiro atoms. The van der Waals surface area contributed by atoms with Crippen molar-refractivity contribution in [1.82, 2.24) is 122 Å². The normalized spacial score (nSPS) is 14.2. The Labute approximate surface area is 892 Å². The number of fused-ring (bicyclic) bond motifs is 5. The second-order valence-corrected chi connectivity index (χ2v) is 67.4. The van der Waals surface area contributed by atoms with Gasteiger partial charge in [-0.05, 0) is 136 Å². The summed E-state index contributed by atoms with van der Waals surface area (Å²) in [5.41, 5.74) is 8.39. The molecular weight excluding hydrogens is 2140 g/mol. The van der Waals surface area contributed by atoms with Gasteiger partial charge in [-0.1, -0.05) is 102 Å². The standard InChI is InChI=1S/C23H30N8O3SSi.C16H20N6OSi.C15H20ClN5OSi.C12H17Cl2N3OSi.C9H15BN2O2.C7H10N2O2S.C6H3Cl2N3.CH3F.2CN.Zn/c1-6-35(32,33)30-15-23(16-30,8-9-24)31-14-18(13-26-31)20-19-7-10-29(17-34-11-12-36(3,4)5)21(19)28-22(25-2)27-20;1-17-16-20-14(12-9-18-19-10-12)13-5-6-22(15(13)21-16)11-23-7-8-24(2,3)4;1-23(2,3)7-6-22-10-21-5-4-12-13(11-8-17-18-9-11)19-15(16)20-14(12)21;1-19(2,3)7-6-18-8-17-5-4-9-10(13)15-12(14)16-11(9)17;1-8(2)9(3,4)14-10(13-8)7-5-11-12-6-7;1-2-12(10,11)9-5-7(6-9)3-4-8;7-4-3-1-2-9-5(3)11-6(8)10-4;3*1-2;/h7,10,13-14H,6,8,11-12,15-17H2,1,3-5H3;5-6,9-10H,7-8,11H2,2-4H3,(H,18,19);4-5,8-9H,6-7,10H2,1-3H3,(H,17,18);4-5H,6-8H2,1-3H3;5-6H,1-4H3,(H,11,12);3H,2,5-6H2,1H3;1-2H,(H,9,10,11);1H3;;;/q;;;;;;;;2*-1;+2/i;;;;;;;1D;;;. The van der Waals surface area contributed by atoms with Crippen LogP contribution in [0.25, 0.3) is 98.6 Å². The van der Waals surface area contributed by atoms with Gasteiger partial charge in [0.2, 0.25) is 47.2 Å². The van der Waals surface area contributed by atoms with Crippen molar-refractivity contribution in [3.05, 3.63) is 185 Å². The van der Waals surface area contributed by atoms with Gasteiger partial charge in [0.05, 0.1) is 107 Å². The van der Waals surface area contributed by atoms with Crippen molar-refractivity contribution < 1.29 is 70.3 Å². The maximum atomic E-state index is 12.3. The van der Waals surface area contributed by atoms with Crippen molar-refractivity contribution in [2.45, 2.75) is 194 Å².